The number of thioether (sulfide) groups is 1. The molecule has 0 saturated carbocycles. The van der Waals surface area contributed by atoms with E-state index in [-0.39, 0.29) is 17.5 Å². The van der Waals surface area contributed by atoms with Gasteiger partial charge in [-0.3, -0.25) is 9.59 Å². The molecule has 0 radical (unpaired) electrons. The lowest BCUT2D eigenvalue weighted by Crippen LogP contribution is -2.26. The Balaban J connectivity index is 2.13. The predicted octanol–water partition coefficient (Wildman–Crippen LogP) is 2.64. The minimum Gasteiger partial charge on any atom is -0.490 e. The highest BCUT2D eigenvalue weighted by Gasteiger charge is 2.32. The van der Waals surface area contributed by atoms with Crippen molar-refractivity contribution in [3.63, 3.8) is 0 Å². The van der Waals surface area contributed by atoms with Crippen LogP contribution in [0.5, 0.6) is 11.5 Å². The van der Waals surface area contributed by atoms with E-state index < -0.39 is 11.2 Å². The van der Waals surface area contributed by atoms with E-state index >= 15 is 0 Å². The molecule has 1 amide bonds. The number of carboxylic acids is 1. The van der Waals surface area contributed by atoms with E-state index in [1.165, 1.54) is 6.21 Å². The zero-order valence-electron chi connectivity index (χ0n) is 14.2. The molecule has 0 aromatic heterocycles. The number of amides is 1. The predicted molar refractivity (Wildman–Crippen MR) is 103 cm³/mol. The molecule has 2 rings (SSSR count). The lowest BCUT2D eigenvalue weighted by Gasteiger charge is -2.13. The monoisotopic (exact) mass is 443 g/mol. The molecule has 1 saturated heterocycles. The van der Waals surface area contributed by atoms with Gasteiger partial charge in [0, 0.05) is 0 Å². The normalized spacial score (nSPS) is 18.3. The molecule has 1 aromatic carbocycles. The van der Waals surface area contributed by atoms with E-state index in [0.717, 1.165) is 21.8 Å². The molecular weight excluding hydrogens is 426 g/mol. The number of carboxylic acid groups (broad SMARTS) is 1. The van der Waals surface area contributed by atoms with Crippen LogP contribution in [0.3, 0.4) is 0 Å². The number of carbonyl (C=O) groups is 2. The van der Waals surface area contributed by atoms with Crippen LogP contribution < -0.4 is 14.8 Å². The van der Waals surface area contributed by atoms with Gasteiger partial charge in [0.1, 0.15) is 5.25 Å². The van der Waals surface area contributed by atoms with E-state index in [9.17, 15) is 9.59 Å². The van der Waals surface area contributed by atoms with Crippen molar-refractivity contribution in [2.45, 2.75) is 25.5 Å². The molecule has 26 heavy (non-hydrogen) atoms. The first kappa shape index (κ1) is 20.2. The van der Waals surface area contributed by atoms with E-state index in [4.69, 9.17) is 14.6 Å². The number of nitrogens with zero attached hydrogens (tertiary/aromatic N) is 2. The fourth-order valence-corrected chi connectivity index (χ4v) is 3.59. The average Bonchev–Trinajstić information content (AvgIpc) is 2.90. The zero-order chi connectivity index (χ0) is 19.1. The molecule has 1 unspecified atom stereocenters. The summed E-state index contributed by atoms with van der Waals surface area (Å²) in [5, 5.41) is 18.7. The fourth-order valence-electron chi connectivity index (χ4n) is 2.10. The van der Waals surface area contributed by atoms with Crippen LogP contribution in [-0.4, -0.2) is 46.8 Å². The number of benzene rings is 1. The molecule has 140 valence electrons. The molecule has 1 fully saturated rings. The van der Waals surface area contributed by atoms with Crippen LogP contribution in [0.1, 0.15) is 25.8 Å². The van der Waals surface area contributed by atoms with Crippen molar-refractivity contribution < 1.29 is 24.2 Å². The van der Waals surface area contributed by atoms with Crippen LogP contribution in [-0.2, 0) is 9.59 Å². The van der Waals surface area contributed by atoms with Gasteiger partial charge in [-0.1, -0.05) is 11.8 Å². The number of ether oxygens (including phenoxy) is 2. The van der Waals surface area contributed by atoms with Gasteiger partial charge >= 0.3 is 5.97 Å². The van der Waals surface area contributed by atoms with E-state index in [0.29, 0.717) is 24.7 Å². The van der Waals surface area contributed by atoms with E-state index in [1.54, 1.807) is 6.07 Å². The molecular formula is C16H18BrN3O5S. The van der Waals surface area contributed by atoms with Crippen molar-refractivity contribution in [1.29, 1.82) is 0 Å². The summed E-state index contributed by atoms with van der Waals surface area (Å²) >= 11 is 4.49. The van der Waals surface area contributed by atoms with Gasteiger partial charge in [0.2, 0.25) is 5.91 Å². The smallest absolute Gasteiger partial charge is 0.305 e. The molecule has 1 aliphatic heterocycles. The summed E-state index contributed by atoms with van der Waals surface area (Å²) in [6, 6.07) is 3.58. The first-order valence-electron chi connectivity index (χ1n) is 7.84. The SMILES string of the molecule is CCOc1cc(C=NN=C2NC(=O)C(CC(=O)O)S2)cc(Br)c1OCC. The number of amidine groups is 1. The highest BCUT2D eigenvalue weighted by Crippen LogP contribution is 2.36. The van der Waals surface area contributed by atoms with Crippen LogP contribution in [0, 0.1) is 0 Å². The van der Waals surface area contributed by atoms with Crippen LogP contribution in [0.2, 0.25) is 0 Å². The van der Waals surface area contributed by atoms with Gasteiger partial charge in [0.05, 0.1) is 30.3 Å². The Kier molecular flexibility index (Phi) is 7.46. The molecule has 8 nitrogen and oxygen atoms in total. The van der Waals surface area contributed by atoms with Gasteiger partial charge in [-0.25, -0.2) is 0 Å². The summed E-state index contributed by atoms with van der Waals surface area (Å²) in [6.45, 7) is 4.76. The second kappa shape index (κ2) is 9.58. The summed E-state index contributed by atoms with van der Waals surface area (Å²) in [6.07, 6.45) is 1.25. The van der Waals surface area contributed by atoms with Gasteiger partial charge in [-0.05, 0) is 47.5 Å². The quantitative estimate of drug-likeness (QED) is 0.471. The standard InChI is InChI=1S/C16H18BrN3O5S/c1-3-24-11-6-9(5-10(17)14(11)25-4-2)8-18-20-16-19-15(23)12(26-16)7-13(21)22/h5-6,8,12H,3-4,7H2,1-2H3,(H,21,22)(H,19,20,23). The summed E-state index contributed by atoms with van der Waals surface area (Å²) in [5.74, 6) is -0.213. The van der Waals surface area contributed by atoms with Crippen molar-refractivity contribution in [1.82, 2.24) is 5.32 Å². The second-order valence-corrected chi connectivity index (χ2v) is 7.09. The minimum absolute atomic E-state index is 0.261. The lowest BCUT2D eigenvalue weighted by atomic mass is 10.2. The van der Waals surface area contributed by atoms with Crippen molar-refractivity contribution in [3.05, 3.63) is 22.2 Å². The molecule has 1 atom stereocenters. The first-order valence-corrected chi connectivity index (χ1v) is 9.51. The largest absolute Gasteiger partial charge is 0.490 e. The highest BCUT2D eigenvalue weighted by atomic mass is 79.9. The number of hydrogen-bond donors (Lipinski definition) is 2. The van der Waals surface area contributed by atoms with Crippen LogP contribution >= 0.6 is 27.7 Å². The molecule has 10 heteroatoms. The Morgan fingerprint density at radius 3 is 2.77 bits per heavy atom. The number of nitrogens with one attached hydrogen (secondary N) is 1. The average molecular weight is 444 g/mol. The van der Waals surface area contributed by atoms with Crippen LogP contribution in [0.15, 0.2) is 26.8 Å². The maximum atomic E-state index is 11.6. The maximum absolute atomic E-state index is 11.6. The Labute approximate surface area is 163 Å². The van der Waals surface area contributed by atoms with Crippen molar-refractivity contribution in [2.75, 3.05) is 13.2 Å². The van der Waals surface area contributed by atoms with Crippen molar-refractivity contribution in [3.8, 4) is 11.5 Å². The number of aliphatic carboxylic acids is 1. The van der Waals surface area contributed by atoms with Crippen LogP contribution in [0.4, 0.5) is 0 Å². The van der Waals surface area contributed by atoms with Gasteiger partial charge in [0.25, 0.3) is 0 Å². The number of halogens is 1. The molecule has 2 N–H and O–H groups in total. The van der Waals surface area contributed by atoms with Crippen molar-refractivity contribution in [2.24, 2.45) is 10.2 Å². The van der Waals surface area contributed by atoms with Crippen molar-refractivity contribution >= 4 is 51.0 Å². The number of carbonyl (C=O) groups excluding carboxylic acids is 1. The van der Waals surface area contributed by atoms with Crippen LogP contribution in [0.25, 0.3) is 0 Å². The third-order valence-corrected chi connectivity index (χ3v) is 4.77. The highest BCUT2D eigenvalue weighted by molar-refractivity contribution is 9.10. The summed E-state index contributed by atoms with van der Waals surface area (Å²) in [5.41, 5.74) is 0.726. The summed E-state index contributed by atoms with van der Waals surface area (Å²) in [7, 11) is 0. The number of hydrogen-bond acceptors (Lipinski definition) is 7. The molecule has 0 spiro atoms. The first-order chi connectivity index (χ1) is 12.4. The molecule has 1 aliphatic rings. The summed E-state index contributed by atoms with van der Waals surface area (Å²) < 4.78 is 11.9. The Bertz CT molecular complexity index is 754. The zero-order valence-corrected chi connectivity index (χ0v) is 16.6. The fraction of sp³-hybridized carbons (Fsp3) is 0.375. The molecule has 0 bridgehead atoms. The van der Waals surface area contributed by atoms with Gasteiger partial charge < -0.3 is 19.9 Å². The third kappa shape index (κ3) is 5.46. The second-order valence-electron chi connectivity index (χ2n) is 5.04. The Morgan fingerprint density at radius 2 is 2.12 bits per heavy atom. The molecule has 0 aliphatic carbocycles. The number of rotatable bonds is 8. The molecule has 1 aromatic rings. The van der Waals surface area contributed by atoms with Gasteiger partial charge in [-0.2, -0.15) is 5.10 Å². The van der Waals surface area contributed by atoms with E-state index in [2.05, 4.69) is 31.4 Å². The molecule has 1 heterocycles. The lowest BCUT2D eigenvalue weighted by molar-refractivity contribution is -0.138. The third-order valence-electron chi connectivity index (χ3n) is 3.11. The maximum Gasteiger partial charge on any atom is 0.305 e. The topological polar surface area (TPSA) is 110 Å². The minimum atomic E-state index is -1.04. The Hall–Kier alpha value is -2.07. The van der Waals surface area contributed by atoms with Gasteiger partial charge in [-0.15, -0.1) is 5.10 Å². The van der Waals surface area contributed by atoms with Gasteiger partial charge in [0.15, 0.2) is 16.7 Å². The Morgan fingerprint density at radius 1 is 1.38 bits per heavy atom. The van der Waals surface area contributed by atoms with E-state index in [1.807, 2.05) is 19.9 Å². The summed E-state index contributed by atoms with van der Waals surface area (Å²) in [4.78, 5) is 22.4.